The Morgan fingerprint density at radius 1 is 1.90 bits per heavy atom. The van der Waals surface area contributed by atoms with Crippen molar-refractivity contribution in [3.05, 3.63) is 11.6 Å². The summed E-state index contributed by atoms with van der Waals surface area (Å²) in [4.78, 5) is 14.6. The lowest BCUT2D eigenvalue weighted by molar-refractivity contribution is 0.270. The van der Waals surface area contributed by atoms with Gasteiger partial charge in [0.2, 0.25) is 0 Å². The van der Waals surface area contributed by atoms with Crippen LogP contribution in [0.1, 0.15) is 0 Å². The fourth-order valence-electron chi connectivity index (χ4n) is 0.424. The Morgan fingerprint density at radius 3 is 3.20 bits per heavy atom. The van der Waals surface area contributed by atoms with E-state index in [2.05, 4.69) is 10.3 Å². The third-order valence-electron chi connectivity index (χ3n) is 0.827. The predicted octanol–water partition coefficient (Wildman–Crippen LogP) is 2.04. The Hall–Kier alpha value is -0.550. The SMILES string of the molecule is CSC(=O)Nc1nccs1. The summed E-state index contributed by atoms with van der Waals surface area (Å²) in [5.74, 6) is 0. The molecule has 0 bridgehead atoms. The Morgan fingerprint density at radius 2 is 2.70 bits per heavy atom. The van der Waals surface area contributed by atoms with Gasteiger partial charge in [-0.05, 0) is 6.26 Å². The lowest BCUT2D eigenvalue weighted by atomic mass is 11.0. The van der Waals surface area contributed by atoms with Gasteiger partial charge in [-0.25, -0.2) is 4.98 Å². The molecule has 5 heteroatoms. The number of thioether (sulfide) groups is 1. The van der Waals surface area contributed by atoms with Gasteiger partial charge in [-0.1, -0.05) is 11.8 Å². The van der Waals surface area contributed by atoms with Crippen LogP contribution in [0.4, 0.5) is 9.93 Å². The van der Waals surface area contributed by atoms with E-state index in [0.29, 0.717) is 5.13 Å². The van der Waals surface area contributed by atoms with Crippen molar-refractivity contribution >= 4 is 33.5 Å². The molecule has 3 nitrogen and oxygen atoms in total. The topological polar surface area (TPSA) is 42.0 Å². The maximum Gasteiger partial charge on any atom is 0.284 e. The highest BCUT2D eigenvalue weighted by atomic mass is 32.2. The molecule has 54 valence electrons. The normalized spacial score (nSPS) is 9.30. The Kier molecular flexibility index (Phi) is 2.70. The molecule has 1 aromatic heterocycles. The summed E-state index contributed by atoms with van der Waals surface area (Å²) in [5.41, 5.74) is 0. The quantitative estimate of drug-likeness (QED) is 0.708. The molecule has 1 amide bonds. The van der Waals surface area contributed by atoms with Gasteiger partial charge in [0.1, 0.15) is 0 Å². The van der Waals surface area contributed by atoms with Gasteiger partial charge in [0.05, 0.1) is 0 Å². The number of carbonyl (C=O) groups is 1. The molecule has 0 aliphatic heterocycles. The van der Waals surface area contributed by atoms with Gasteiger partial charge < -0.3 is 0 Å². The third kappa shape index (κ3) is 2.00. The highest BCUT2D eigenvalue weighted by Crippen LogP contribution is 2.12. The van der Waals surface area contributed by atoms with Gasteiger partial charge in [-0.2, -0.15) is 0 Å². The monoisotopic (exact) mass is 174 g/mol. The van der Waals surface area contributed by atoms with E-state index in [1.165, 1.54) is 11.3 Å². The second kappa shape index (κ2) is 3.58. The average Bonchev–Trinajstić information content (AvgIpc) is 2.40. The smallest absolute Gasteiger partial charge is 0.284 e. The van der Waals surface area contributed by atoms with Gasteiger partial charge in [0.15, 0.2) is 5.13 Å². The van der Waals surface area contributed by atoms with Crippen LogP contribution in [-0.4, -0.2) is 16.5 Å². The standard InChI is InChI=1S/C5H6N2OS2/c1-9-5(8)7-4-6-2-3-10-4/h2-3H,1H3,(H,6,7,8). The molecule has 1 N–H and O–H groups in total. The number of aromatic nitrogens is 1. The number of hydrogen-bond donors (Lipinski definition) is 1. The molecule has 0 saturated carbocycles. The van der Waals surface area contributed by atoms with Crippen molar-refractivity contribution in [3.8, 4) is 0 Å². The molecule has 0 radical (unpaired) electrons. The molecule has 0 spiro atoms. The largest absolute Gasteiger partial charge is 0.293 e. The Labute approximate surface area is 66.9 Å². The molecule has 1 aromatic rings. The molecular formula is C5H6N2OS2. The molecule has 0 atom stereocenters. The van der Waals surface area contributed by atoms with Crippen LogP contribution < -0.4 is 5.32 Å². The minimum Gasteiger partial charge on any atom is -0.293 e. The molecule has 1 rings (SSSR count). The van der Waals surface area contributed by atoms with Crippen LogP contribution in [0.15, 0.2) is 11.6 Å². The summed E-state index contributed by atoms with van der Waals surface area (Å²) in [6.45, 7) is 0. The molecule has 0 aliphatic carbocycles. The predicted molar refractivity (Wildman–Crippen MR) is 44.6 cm³/mol. The first-order valence-electron chi connectivity index (χ1n) is 2.57. The number of hydrogen-bond acceptors (Lipinski definition) is 4. The van der Waals surface area contributed by atoms with E-state index >= 15 is 0 Å². The molecule has 0 fully saturated rings. The van der Waals surface area contributed by atoms with E-state index in [-0.39, 0.29) is 5.24 Å². The summed E-state index contributed by atoms with van der Waals surface area (Å²) >= 11 is 2.55. The lowest BCUT2D eigenvalue weighted by Crippen LogP contribution is -2.02. The summed E-state index contributed by atoms with van der Waals surface area (Å²) in [6, 6.07) is 0. The van der Waals surface area contributed by atoms with Gasteiger partial charge in [-0.3, -0.25) is 10.1 Å². The summed E-state index contributed by atoms with van der Waals surface area (Å²) in [7, 11) is 0. The number of nitrogens with zero attached hydrogens (tertiary/aromatic N) is 1. The molecule has 0 aromatic carbocycles. The van der Waals surface area contributed by atoms with E-state index in [9.17, 15) is 4.79 Å². The van der Waals surface area contributed by atoms with Gasteiger partial charge in [-0.15, -0.1) is 11.3 Å². The van der Waals surface area contributed by atoms with Crippen molar-refractivity contribution in [2.24, 2.45) is 0 Å². The van der Waals surface area contributed by atoms with E-state index < -0.39 is 0 Å². The second-order valence-corrected chi connectivity index (χ2v) is 3.13. The number of rotatable bonds is 1. The first kappa shape index (κ1) is 7.56. The summed E-state index contributed by atoms with van der Waals surface area (Å²) in [6.07, 6.45) is 3.38. The van der Waals surface area contributed by atoms with Crippen LogP contribution in [0, 0.1) is 0 Å². The molecular weight excluding hydrogens is 168 g/mol. The van der Waals surface area contributed by atoms with E-state index in [1.54, 1.807) is 12.5 Å². The molecule has 10 heavy (non-hydrogen) atoms. The van der Waals surface area contributed by atoms with Crippen molar-refractivity contribution in [1.29, 1.82) is 0 Å². The zero-order valence-electron chi connectivity index (χ0n) is 5.33. The highest BCUT2D eigenvalue weighted by molar-refractivity contribution is 8.13. The van der Waals surface area contributed by atoms with E-state index in [0.717, 1.165) is 11.8 Å². The van der Waals surface area contributed by atoms with Crippen molar-refractivity contribution in [3.63, 3.8) is 0 Å². The van der Waals surface area contributed by atoms with Crippen LogP contribution in [0.5, 0.6) is 0 Å². The van der Waals surface area contributed by atoms with Gasteiger partial charge in [0.25, 0.3) is 5.24 Å². The van der Waals surface area contributed by atoms with Crippen molar-refractivity contribution in [1.82, 2.24) is 4.98 Å². The second-order valence-electron chi connectivity index (χ2n) is 1.45. The molecule has 0 aliphatic rings. The minimum absolute atomic E-state index is 0.0741. The fraction of sp³-hybridized carbons (Fsp3) is 0.200. The van der Waals surface area contributed by atoms with Gasteiger partial charge >= 0.3 is 0 Å². The number of carbonyl (C=O) groups excluding carboxylic acids is 1. The van der Waals surface area contributed by atoms with Crippen molar-refractivity contribution in [2.45, 2.75) is 0 Å². The van der Waals surface area contributed by atoms with E-state index in [1.807, 2.05) is 5.38 Å². The molecule has 0 unspecified atom stereocenters. The first-order chi connectivity index (χ1) is 4.83. The van der Waals surface area contributed by atoms with Gasteiger partial charge in [0, 0.05) is 11.6 Å². The zero-order chi connectivity index (χ0) is 7.40. The van der Waals surface area contributed by atoms with E-state index in [4.69, 9.17) is 0 Å². The maximum absolute atomic E-state index is 10.7. The maximum atomic E-state index is 10.7. The van der Waals surface area contributed by atoms with Crippen molar-refractivity contribution < 1.29 is 4.79 Å². The van der Waals surface area contributed by atoms with Crippen LogP contribution in [0.3, 0.4) is 0 Å². The Bertz CT molecular complexity index is 209. The highest BCUT2D eigenvalue weighted by Gasteiger charge is 1.99. The zero-order valence-corrected chi connectivity index (χ0v) is 6.96. The molecule has 0 saturated heterocycles. The first-order valence-corrected chi connectivity index (χ1v) is 4.68. The number of anilines is 1. The van der Waals surface area contributed by atoms with Crippen LogP contribution >= 0.6 is 23.1 Å². The summed E-state index contributed by atoms with van der Waals surface area (Å²) < 4.78 is 0. The fourth-order valence-corrected chi connectivity index (χ4v) is 1.21. The van der Waals surface area contributed by atoms with Crippen LogP contribution in [0.25, 0.3) is 0 Å². The number of thiazole rings is 1. The summed E-state index contributed by atoms with van der Waals surface area (Å²) in [5, 5.41) is 5.00. The minimum atomic E-state index is -0.0741. The third-order valence-corrected chi connectivity index (χ3v) is 1.99. The van der Waals surface area contributed by atoms with Crippen molar-refractivity contribution in [2.75, 3.05) is 11.6 Å². The van der Waals surface area contributed by atoms with Crippen LogP contribution in [-0.2, 0) is 0 Å². The average molecular weight is 174 g/mol. The Balaban J connectivity index is 2.48. The lowest BCUT2D eigenvalue weighted by Gasteiger charge is -1.94. The van der Waals surface area contributed by atoms with Crippen LogP contribution in [0.2, 0.25) is 0 Å². The molecule has 1 heterocycles. The number of nitrogens with one attached hydrogen (secondary N) is 1. The number of amides is 1.